The molecule has 1 saturated heterocycles. The minimum absolute atomic E-state index is 0.0931. The van der Waals surface area contributed by atoms with Crippen LogP contribution < -0.4 is 19.3 Å². The Kier molecular flexibility index (Phi) is 6.43. The number of halogens is 1. The van der Waals surface area contributed by atoms with E-state index in [2.05, 4.69) is 22.6 Å². The molecule has 1 aromatic heterocycles. The molecule has 3 aromatic rings. The smallest absolute Gasteiger partial charge is 0.214 e. The highest BCUT2D eigenvalue weighted by atomic mass is 19.1. The lowest BCUT2D eigenvalue weighted by molar-refractivity contribution is -1.02. The first kappa shape index (κ1) is 21.2. The van der Waals surface area contributed by atoms with Crippen LogP contribution in [0.4, 0.5) is 4.39 Å². The summed E-state index contributed by atoms with van der Waals surface area (Å²) in [5.74, 6) is 2.00. The van der Waals surface area contributed by atoms with Crippen LogP contribution in [0.3, 0.4) is 0 Å². The van der Waals surface area contributed by atoms with Crippen LogP contribution in [0.15, 0.2) is 42.5 Å². The number of quaternary nitrogens is 2. The number of nitrogens with zero attached hydrogens (tertiary/aromatic N) is 4. The summed E-state index contributed by atoms with van der Waals surface area (Å²) in [6, 6.07) is 12.2. The van der Waals surface area contributed by atoms with Crippen molar-refractivity contribution in [2.45, 2.75) is 12.6 Å². The van der Waals surface area contributed by atoms with Gasteiger partial charge < -0.3 is 19.3 Å². The number of methoxy groups -OCH3 is 2. The number of likely N-dealkylation sites (N-methyl/N-ethyl adjacent to an activating group) is 1. The van der Waals surface area contributed by atoms with Crippen molar-refractivity contribution in [1.29, 1.82) is 0 Å². The second-order valence-electron chi connectivity index (χ2n) is 7.98. The number of benzene rings is 2. The third-order valence-corrected chi connectivity index (χ3v) is 5.97. The Bertz CT molecular complexity index is 1000. The van der Waals surface area contributed by atoms with Crippen molar-refractivity contribution in [2.75, 3.05) is 47.4 Å². The second kappa shape index (κ2) is 9.40. The van der Waals surface area contributed by atoms with Crippen LogP contribution >= 0.6 is 0 Å². The van der Waals surface area contributed by atoms with Crippen molar-refractivity contribution in [1.82, 2.24) is 20.2 Å². The predicted octanol–water partition coefficient (Wildman–Crippen LogP) is -0.620. The highest BCUT2D eigenvalue weighted by Gasteiger charge is 2.36. The molecule has 1 fully saturated rings. The summed E-state index contributed by atoms with van der Waals surface area (Å²) in [6.07, 6.45) is 0. The van der Waals surface area contributed by atoms with Crippen molar-refractivity contribution < 1.29 is 23.7 Å². The highest BCUT2D eigenvalue weighted by molar-refractivity contribution is 5.43. The van der Waals surface area contributed by atoms with Gasteiger partial charge in [-0.05, 0) is 40.3 Å². The van der Waals surface area contributed by atoms with Gasteiger partial charge in [0.15, 0.2) is 6.04 Å². The molecule has 31 heavy (non-hydrogen) atoms. The average molecular weight is 429 g/mol. The molecule has 2 N–H and O–H groups in total. The quantitative estimate of drug-likeness (QED) is 0.525. The summed E-state index contributed by atoms with van der Waals surface area (Å²) in [5.41, 5.74) is 1.96. The number of hydrogen-bond donors (Lipinski definition) is 2. The number of hydrogen-bond acceptors (Lipinski definition) is 5. The van der Waals surface area contributed by atoms with E-state index in [9.17, 15) is 4.39 Å². The zero-order valence-corrected chi connectivity index (χ0v) is 18.1. The first-order chi connectivity index (χ1) is 15.1. The normalized spacial score (nSPS) is 19.7. The molecule has 1 atom stereocenters. The van der Waals surface area contributed by atoms with Gasteiger partial charge in [-0.15, -0.1) is 5.10 Å². The van der Waals surface area contributed by atoms with Gasteiger partial charge in [-0.2, -0.15) is 0 Å². The Labute approximate surface area is 181 Å². The van der Waals surface area contributed by atoms with E-state index >= 15 is 0 Å². The third-order valence-electron chi connectivity index (χ3n) is 5.97. The van der Waals surface area contributed by atoms with Crippen molar-refractivity contribution in [3.63, 3.8) is 0 Å². The predicted molar refractivity (Wildman–Crippen MR) is 112 cm³/mol. The van der Waals surface area contributed by atoms with E-state index in [1.54, 1.807) is 31.0 Å². The van der Waals surface area contributed by atoms with Gasteiger partial charge in [0, 0.05) is 6.07 Å². The van der Waals surface area contributed by atoms with Crippen molar-refractivity contribution in [3.05, 3.63) is 65.2 Å². The molecule has 0 radical (unpaired) electrons. The molecule has 8 nitrogen and oxygen atoms in total. The molecule has 0 bridgehead atoms. The number of aromatic nitrogens is 4. The van der Waals surface area contributed by atoms with Gasteiger partial charge in [0.1, 0.15) is 43.5 Å². The molecule has 164 valence electrons. The third kappa shape index (κ3) is 4.67. The lowest BCUT2D eigenvalue weighted by Crippen LogP contribution is -3.27. The Morgan fingerprint density at radius 2 is 1.77 bits per heavy atom. The monoisotopic (exact) mass is 428 g/mol. The van der Waals surface area contributed by atoms with Gasteiger partial charge in [-0.3, -0.25) is 0 Å². The Hall–Kier alpha value is -3.04. The summed E-state index contributed by atoms with van der Waals surface area (Å²) in [5, 5.41) is 12.7. The molecular formula is C22H29FN6O2+2. The summed E-state index contributed by atoms with van der Waals surface area (Å²) in [6.45, 7) is 4.61. The average Bonchev–Trinajstić information content (AvgIpc) is 3.24. The lowest BCUT2D eigenvalue weighted by atomic mass is 10.0. The maximum absolute atomic E-state index is 13.3. The van der Waals surface area contributed by atoms with Gasteiger partial charge in [0.2, 0.25) is 5.82 Å². The number of piperazine rings is 1. The lowest BCUT2D eigenvalue weighted by Gasteiger charge is -2.33. The second-order valence-corrected chi connectivity index (χ2v) is 7.98. The van der Waals surface area contributed by atoms with E-state index in [4.69, 9.17) is 9.47 Å². The zero-order chi connectivity index (χ0) is 21.8. The first-order valence-corrected chi connectivity index (χ1v) is 10.5. The fourth-order valence-corrected chi connectivity index (χ4v) is 4.18. The summed E-state index contributed by atoms with van der Waals surface area (Å²) < 4.78 is 26.3. The van der Waals surface area contributed by atoms with Crippen molar-refractivity contribution in [3.8, 4) is 11.5 Å². The Morgan fingerprint density at radius 1 is 1.03 bits per heavy atom. The summed E-state index contributed by atoms with van der Waals surface area (Å²) >= 11 is 0. The molecule has 2 aromatic carbocycles. The Balaban J connectivity index is 1.74. The van der Waals surface area contributed by atoms with Crippen LogP contribution in [0.1, 0.15) is 23.0 Å². The molecule has 9 heteroatoms. The molecular weight excluding hydrogens is 399 g/mol. The van der Waals surface area contributed by atoms with Gasteiger partial charge in [0.05, 0.1) is 33.4 Å². The van der Waals surface area contributed by atoms with Gasteiger partial charge in [0.25, 0.3) is 0 Å². The molecule has 0 amide bonds. The van der Waals surface area contributed by atoms with Crippen LogP contribution in [0.5, 0.6) is 11.5 Å². The number of ether oxygens (including phenoxy) is 2. The molecule has 0 unspecified atom stereocenters. The molecule has 0 spiro atoms. The van der Waals surface area contributed by atoms with E-state index in [-0.39, 0.29) is 11.9 Å². The number of tetrazole rings is 1. The standard InChI is InChI=1S/C22H27FN6O2/c1-27-10-12-28(13-11-27)21(19-9-8-18(30-2)14-20(19)31-3)22-24-25-26-29(22)15-16-4-6-17(23)7-5-16/h4-9,14,21H,10-13,15H2,1-3H3/p+2/t21-/m1/s1. The molecule has 4 rings (SSSR count). The van der Waals surface area contributed by atoms with E-state index in [1.807, 2.05) is 18.2 Å². The summed E-state index contributed by atoms with van der Waals surface area (Å²) in [7, 11) is 5.53. The first-order valence-electron chi connectivity index (χ1n) is 10.5. The van der Waals surface area contributed by atoms with E-state index < -0.39 is 0 Å². The minimum Gasteiger partial charge on any atom is -0.497 e. The van der Waals surface area contributed by atoms with Crippen LogP contribution in [0.2, 0.25) is 0 Å². The molecule has 1 aliphatic rings. The summed E-state index contributed by atoms with van der Waals surface area (Å²) in [4.78, 5) is 2.92. The van der Waals surface area contributed by atoms with Crippen LogP contribution in [-0.4, -0.2) is 67.7 Å². The maximum Gasteiger partial charge on any atom is 0.214 e. The van der Waals surface area contributed by atoms with E-state index in [1.165, 1.54) is 21.9 Å². The highest BCUT2D eigenvalue weighted by Crippen LogP contribution is 2.31. The molecule has 0 saturated carbocycles. The van der Waals surface area contributed by atoms with E-state index in [0.717, 1.165) is 54.6 Å². The van der Waals surface area contributed by atoms with Crippen LogP contribution in [-0.2, 0) is 6.54 Å². The van der Waals surface area contributed by atoms with Gasteiger partial charge in [-0.1, -0.05) is 12.1 Å². The van der Waals surface area contributed by atoms with Gasteiger partial charge >= 0.3 is 0 Å². The number of nitrogens with one attached hydrogen (secondary N) is 2. The zero-order valence-electron chi connectivity index (χ0n) is 18.1. The van der Waals surface area contributed by atoms with Crippen LogP contribution in [0.25, 0.3) is 0 Å². The molecule has 2 heterocycles. The fourth-order valence-electron chi connectivity index (χ4n) is 4.18. The molecule has 0 aliphatic carbocycles. The minimum atomic E-state index is -0.258. The van der Waals surface area contributed by atoms with Crippen molar-refractivity contribution in [2.24, 2.45) is 0 Å². The van der Waals surface area contributed by atoms with Gasteiger partial charge in [-0.25, -0.2) is 9.07 Å². The largest absolute Gasteiger partial charge is 0.497 e. The van der Waals surface area contributed by atoms with E-state index in [0.29, 0.717) is 6.54 Å². The number of rotatable bonds is 7. The maximum atomic E-state index is 13.3. The topological polar surface area (TPSA) is 70.9 Å². The Morgan fingerprint density at radius 3 is 2.45 bits per heavy atom. The SMILES string of the molecule is COc1ccc([C@H](c2nnnn2Cc2ccc(F)cc2)[NH+]2CC[NH+](C)CC2)c(OC)c1. The molecule has 1 aliphatic heterocycles. The fraction of sp³-hybridized carbons (Fsp3) is 0.409. The van der Waals surface area contributed by atoms with Crippen LogP contribution in [0, 0.1) is 5.82 Å². The van der Waals surface area contributed by atoms with Crippen molar-refractivity contribution >= 4 is 0 Å².